The number of nitrogens with zero attached hydrogens (tertiary/aromatic N) is 4. The predicted octanol–water partition coefficient (Wildman–Crippen LogP) is 5.46. The molecule has 0 spiro atoms. The largest absolute Gasteiger partial charge is 0.457 e. The molecular formula is C22H16BrN5O7. The lowest BCUT2D eigenvalue weighted by molar-refractivity contribution is -0.390. The van der Waals surface area contributed by atoms with E-state index >= 15 is 0 Å². The molecule has 35 heavy (non-hydrogen) atoms. The Bertz CT molecular complexity index is 1450. The Balaban J connectivity index is 1.51. The normalized spacial score (nSPS) is 10.7. The van der Waals surface area contributed by atoms with E-state index in [1.54, 1.807) is 12.1 Å². The number of rotatable bonds is 8. The lowest BCUT2D eigenvalue weighted by Gasteiger charge is -2.10. The molecule has 0 aliphatic rings. The van der Waals surface area contributed by atoms with Crippen LogP contribution in [-0.4, -0.2) is 25.5 Å². The number of nitro groups is 2. The van der Waals surface area contributed by atoms with E-state index in [-0.39, 0.29) is 39.7 Å². The van der Waals surface area contributed by atoms with Crippen LogP contribution < -0.4 is 10.1 Å². The van der Waals surface area contributed by atoms with Gasteiger partial charge in [-0.15, -0.1) is 0 Å². The minimum atomic E-state index is -0.647. The molecule has 4 rings (SSSR count). The van der Waals surface area contributed by atoms with Gasteiger partial charge in [0.25, 0.3) is 11.6 Å². The van der Waals surface area contributed by atoms with E-state index in [1.807, 2.05) is 19.1 Å². The van der Waals surface area contributed by atoms with E-state index in [2.05, 4.69) is 26.3 Å². The number of halogens is 1. The van der Waals surface area contributed by atoms with Crippen molar-refractivity contribution in [1.29, 1.82) is 0 Å². The number of anilines is 1. The molecular weight excluding hydrogens is 526 g/mol. The molecule has 0 aliphatic heterocycles. The number of ether oxygens (including phenoxy) is 1. The van der Waals surface area contributed by atoms with Crippen molar-refractivity contribution in [1.82, 2.24) is 9.78 Å². The first-order chi connectivity index (χ1) is 16.7. The van der Waals surface area contributed by atoms with Crippen LogP contribution in [0.5, 0.6) is 11.5 Å². The van der Waals surface area contributed by atoms with Crippen molar-refractivity contribution >= 4 is 39.0 Å². The summed E-state index contributed by atoms with van der Waals surface area (Å²) >= 11 is 3.07. The lowest BCUT2D eigenvalue weighted by atomic mass is 10.2. The van der Waals surface area contributed by atoms with Crippen molar-refractivity contribution in [3.63, 3.8) is 0 Å². The molecule has 13 heteroatoms. The summed E-state index contributed by atoms with van der Waals surface area (Å²) in [6, 6.07) is 14.0. The molecule has 4 aromatic rings. The third-order valence-corrected chi connectivity index (χ3v) is 5.32. The number of carbonyl (C=O) groups is 1. The summed E-state index contributed by atoms with van der Waals surface area (Å²) < 4.78 is 12.8. The maximum atomic E-state index is 12.7. The highest BCUT2D eigenvalue weighted by Crippen LogP contribution is 2.31. The topological polar surface area (TPSA) is 156 Å². The van der Waals surface area contributed by atoms with Crippen LogP contribution in [0.1, 0.15) is 21.9 Å². The summed E-state index contributed by atoms with van der Waals surface area (Å²) in [4.78, 5) is 33.8. The Labute approximate surface area is 205 Å². The van der Waals surface area contributed by atoms with Crippen molar-refractivity contribution in [2.45, 2.75) is 13.5 Å². The zero-order valence-corrected chi connectivity index (χ0v) is 19.6. The van der Waals surface area contributed by atoms with Gasteiger partial charge >= 0.3 is 5.82 Å². The fourth-order valence-electron chi connectivity index (χ4n) is 3.15. The number of furan rings is 1. The van der Waals surface area contributed by atoms with Crippen LogP contribution in [0.2, 0.25) is 0 Å². The Morgan fingerprint density at radius 3 is 2.60 bits per heavy atom. The number of para-hydroxylation sites is 1. The van der Waals surface area contributed by atoms with Crippen LogP contribution in [0.3, 0.4) is 0 Å². The van der Waals surface area contributed by atoms with Gasteiger partial charge in [0.2, 0.25) is 0 Å². The van der Waals surface area contributed by atoms with Gasteiger partial charge in [0.15, 0.2) is 5.76 Å². The van der Waals surface area contributed by atoms with Crippen molar-refractivity contribution in [2.75, 3.05) is 5.32 Å². The molecule has 0 atom stereocenters. The quantitative estimate of drug-likeness (QED) is 0.227. The van der Waals surface area contributed by atoms with Gasteiger partial charge in [-0.25, -0.2) is 0 Å². The molecule has 2 aromatic heterocycles. The maximum Gasteiger partial charge on any atom is 0.404 e. The van der Waals surface area contributed by atoms with Crippen LogP contribution >= 0.6 is 15.9 Å². The molecule has 0 radical (unpaired) electrons. The zero-order chi connectivity index (χ0) is 25.1. The van der Waals surface area contributed by atoms with E-state index in [1.165, 1.54) is 41.2 Å². The average Bonchev–Trinajstić information content (AvgIpc) is 3.42. The molecule has 1 N–H and O–H groups in total. The molecule has 2 aromatic carbocycles. The van der Waals surface area contributed by atoms with Gasteiger partial charge in [0, 0.05) is 12.1 Å². The molecule has 0 aliphatic carbocycles. The molecule has 1 amide bonds. The molecule has 0 saturated carbocycles. The number of benzene rings is 2. The van der Waals surface area contributed by atoms with Gasteiger partial charge in [-0.2, -0.15) is 4.68 Å². The highest BCUT2D eigenvalue weighted by molar-refractivity contribution is 9.10. The third-order valence-electron chi connectivity index (χ3n) is 4.76. The second-order valence-electron chi connectivity index (χ2n) is 7.32. The SMILES string of the molecule is Cc1ccccc1Oc1cc(NC(=O)c2ccc(Cn3cc(Br)c([N+](=O)[O-])n3)o2)cc([N+](=O)[O-])c1. The molecule has 12 nitrogen and oxygen atoms in total. The van der Waals surface area contributed by atoms with E-state index in [0.717, 1.165) is 5.56 Å². The van der Waals surface area contributed by atoms with Crippen LogP contribution in [0, 0.1) is 27.2 Å². The number of hydrogen-bond donors (Lipinski definition) is 1. The van der Waals surface area contributed by atoms with Gasteiger partial charge in [-0.3, -0.25) is 14.9 Å². The maximum absolute atomic E-state index is 12.7. The van der Waals surface area contributed by atoms with Crippen molar-refractivity contribution < 1.29 is 23.8 Å². The predicted molar refractivity (Wildman–Crippen MR) is 127 cm³/mol. The summed E-state index contributed by atoms with van der Waals surface area (Å²) in [5.41, 5.74) is 0.706. The van der Waals surface area contributed by atoms with Crippen LogP contribution in [0.25, 0.3) is 0 Å². The second kappa shape index (κ2) is 9.77. The molecule has 178 valence electrons. The van der Waals surface area contributed by atoms with Crippen LogP contribution in [-0.2, 0) is 6.54 Å². The van der Waals surface area contributed by atoms with E-state index in [9.17, 15) is 25.0 Å². The lowest BCUT2D eigenvalue weighted by Crippen LogP contribution is -2.11. The summed E-state index contributed by atoms with van der Waals surface area (Å²) in [6.07, 6.45) is 1.42. The van der Waals surface area contributed by atoms with Crippen molar-refractivity contribution in [3.05, 3.63) is 103 Å². The standard InChI is InChI=1S/C22H16BrN5O7/c1-13-4-2-3-5-19(13)35-17-9-14(8-15(10-17)27(30)31)24-22(29)20-7-6-16(34-20)11-26-12-18(23)21(25-26)28(32)33/h2-10,12H,11H2,1H3,(H,24,29). The number of aryl methyl sites for hydroxylation is 1. The zero-order valence-electron chi connectivity index (χ0n) is 18.0. The van der Waals surface area contributed by atoms with Crippen LogP contribution in [0.15, 0.2) is 69.7 Å². The fourth-order valence-corrected chi connectivity index (χ4v) is 3.61. The van der Waals surface area contributed by atoms with Gasteiger partial charge in [0.05, 0.1) is 28.0 Å². The number of nitro benzene ring substituents is 1. The minimum Gasteiger partial charge on any atom is -0.457 e. The first-order valence-electron chi connectivity index (χ1n) is 10.00. The number of amides is 1. The molecule has 0 saturated heterocycles. The number of hydrogen-bond acceptors (Lipinski definition) is 8. The molecule has 0 fully saturated rings. The summed E-state index contributed by atoms with van der Waals surface area (Å²) in [5, 5.41) is 28.7. The highest BCUT2D eigenvalue weighted by Gasteiger charge is 2.20. The average molecular weight is 542 g/mol. The summed E-state index contributed by atoms with van der Waals surface area (Å²) in [7, 11) is 0. The van der Waals surface area contributed by atoms with E-state index in [0.29, 0.717) is 11.5 Å². The first kappa shape index (κ1) is 23.6. The molecule has 0 unspecified atom stereocenters. The number of carbonyl (C=O) groups excluding carboxylic acids is 1. The monoisotopic (exact) mass is 541 g/mol. The van der Waals surface area contributed by atoms with Crippen molar-refractivity contribution in [3.8, 4) is 11.5 Å². The third kappa shape index (κ3) is 5.52. The fraction of sp³-hybridized carbons (Fsp3) is 0.0909. The van der Waals surface area contributed by atoms with Gasteiger partial charge < -0.3 is 24.6 Å². The molecule has 0 bridgehead atoms. The van der Waals surface area contributed by atoms with E-state index in [4.69, 9.17) is 9.15 Å². The Morgan fingerprint density at radius 1 is 1.14 bits per heavy atom. The van der Waals surface area contributed by atoms with Gasteiger partial charge in [-0.05, 0) is 51.5 Å². The number of non-ortho nitro benzene ring substituents is 1. The van der Waals surface area contributed by atoms with Crippen molar-refractivity contribution in [2.24, 2.45) is 0 Å². The Kier molecular flexibility index (Phi) is 6.59. The van der Waals surface area contributed by atoms with E-state index < -0.39 is 15.8 Å². The first-order valence-corrected chi connectivity index (χ1v) is 10.8. The second-order valence-corrected chi connectivity index (χ2v) is 8.17. The Morgan fingerprint density at radius 2 is 1.91 bits per heavy atom. The Hall–Kier alpha value is -4.52. The highest BCUT2D eigenvalue weighted by atomic mass is 79.9. The summed E-state index contributed by atoms with van der Waals surface area (Å²) in [5.74, 6) is -0.0346. The molecule has 2 heterocycles. The number of nitrogens with one attached hydrogen (secondary N) is 1. The number of aromatic nitrogens is 2. The van der Waals surface area contributed by atoms with Gasteiger partial charge in [0.1, 0.15) is 28.3 Å². The minimum absolute atomic E-state index is 0.0466. The summed E-state index contributed by atoms with van der Waals surface area (Å²) in [6.45, 7) is 1.88. The van der Waals surface area contributed by atoms with Gasteiger partial charge in [-0.1, -0.05) is 18.2 Å². The van der Waals surface area contributed by atoms with Crippen LogP contribution in [0.4, 0.5) is 17.2 Å². The smallest absolute Gasteiger partial charge is 0.404 e.